The van der Waals surface area contributed by atoms with Gasteiger partial charge in [-0.3, -0.25) is 0 Å². The highest BCUT2D eigenvalue weighted by molar-refractivity contribution is 5.13. The zero-order valence-corrected chi connectivity index (χ0v) is 15.4. The van der Waals surface area contributed by atoms with Crippen LogP contribution < -0.4 is 0 Å². The van der Waals surface area contributed by atoms with E-state index in [0.29, 0.717) is 37.3 Å². The number of benzene rings is 1. The van der Waals surface area contributed by atoms with Gasteiger partial charge < -0.3 is 14.2 Å². The number of methoxy groups -OCH3 is 1. The highest BCUT2D eigenvalue weighted by atomic mass is 16.7. The first kappa shape index (κ1) is 19.2. The molecule has 3 nitrogen and oxygen atoms in total. The Labute approximate surface area is 147 Å². The van der Waals surface area contributed by atoms with Crippen LogP contribution in [0.5, 0.6) is 0 Å². The Balaban J connectivity index is 1.96. The van der Waals surface area contributed by atoms with Crippen molar-refractivity contribution in [2.75, 3.05) is 20.5 Å². The molecule has 0 heterocycles. The lowest BCUT2D eigenvalue weighted by atomic mass is 9.88. The number of hydrogen-bond acceptors (Lipinski definition) is 3. The van der Waals surface area contributed by atoms with Crippen molar-refractivity contribution in [1.29, 1.82) is 0 Å². The van der Waals surface area contributed by atoms with Crippen molar-refractivity contribution in [1.82, 2.24) is 0 Å². The van der Waals surface area contributed by atoms with Crippen molar-refractivity contribution in [2.24, 2.45) is 17.3 Å². The SMILES string of the molecule is C=CC[C@@H]1CC(C)(C)C[C@@H]1[C@@H](COCc1ccccc1)OCOC. The molecule has 1 aliphatic carbocycles. The third-order valence-electron chi connectivity index (χ3n) is 4.95. The topological polar surface area (TPSA) is 27.7 Å². The van der Waals surface area contributed by atoms with E-state index in [2.05, 4.69) is 32.6 Å². The smallest absolute Gasteiger partial charge is 0.146 e. The molecule has 1 aromatic carbocycles. The average Bonchev–Trinajstić information content (AvgIpc) is 2.86. The molecule has 3 heteroatoms. The Bertz CT molecular complexity index is 483. The van der Waals surface area contributed by atoms with Gasteiger partial charge >= 0.3 is 0 Å². The molecule has 1 saturated carbocycles. The summed E-state index contributed by atoms with van der Waals surface area (Å²) in [7, 11) is 1.67. The van der Waals surface area contributed by atoms with Crippen molar-refractivity contribution in [2.45, 2.75) is 45.8 Å². The van der Waals surface area contributed by atoms with E-state index in [1.54, 1.807) is 7.11 Å². The van der Waals surface area contributed by atoms with Crippen molar-refractivity contribution in [3.8, 4) is 0 Å². The molecule has 0 bridgehead atoms. The first-order chi connectivity index (χ1) is 11.6. The Morgan fingerprint density at radius 2 is 2.00 bits per heavy atom. The lowest BCUT2D eigenvalue weighted by Gasteiger charge is -2.28. The summed E-state index contributed by atoms with van der Waals surface area (Å²) < 4.78 is 17.1. The maximum Gasteiger partial charge on any atom is 0.146 e. The minimum Gasteiger partial charge on any atom is -0.374 e. The van der Waals surface area contributed by atoms with E-state index >= 15 is 0 Å². The third kappa shape index (κ3) is 5.73. The molecule has 2 rings (SSSR count). The van der Waals surface area contributed by atoms with Crippen LogP contribution in [0.25, 0.3) is 0 Å². The van der Waals surface area contributed by atoms with Crippen LogP contribution in [0.4, 0.5) is 0 Å². The molecule has 24 heavy (non-hydrogen) atoms. The largest absolute Gasteiger partial charge is 0.374 e. The van der Waals surface area contributed by atoms with Gasteiger partial charge in [-0.1, -0.05) is 50.3 Å². The highest BCUT2D eigenvalue weighted by Gasteiger charge is 2.42. The molecule has 0 unspecified atom stereocenters. The molecule has 0 N–H and O–H groups in total. The lowest BCUT2D eigenvalue weighted by molar-refractivity contribution is -0.124. The molecule has 0 radical (unpaired) electrons. The zero-order valence-electron chi connectivity index (χ0n) is 15.4. The molecule has 3 atom stereocenters. The number of hydrogen-bond donors (Lipinski definition) is 0. The predicted octanol–water partition coefficient (Wildman–Crippen LogP) is 4.82. The van der Waals surface area contributed by atoms with Gasteiger partial charge in [0.25, 0.3) is 0 Å². The van der Waals surface area contributed by atoms with E-state index in [1.807, 2.05) is 24.3 Å². The van der Waals surface area contributed by atoms with Crippen LogP contribution >= 0.6 is 0 Å². The van der Waals surface area contributed by atoms with Gasteiger partial charge in [-0.05, 0) is 42.1 Å². The van der Waals surface area contributed by atoms with E-state index in [9.17, 15) is 0 Å². The Hall–Kier alpha value is -1.16. The molecular weight excluding hydrogens is 300 g/mol. The Morgan fingerprint density at radius 1 is 1.25 bits per heavy atom. The van der Waals surface area contributed by atoms with Crippen LogP contribution in [0.15, 0.2) is 43.0 Å². The number of ether oxygens (including phenoxy) is 3. The highest BCUT2D eigenvalue weighted by Crippen LogP contribution is 2.48. The van der Waals surface area contributed by atoms with Gasteiger partial charge in [0.1, 0.15) is 6.79 Å². The van der Waals surface area contributed by atoms with E-state index in [4.69, 9.17) is 14.2 Å². The standard InChI is InChI=1S/C21H32O3/c1-5-9-18-12-21(2,3)13-19(18)20(24-16-22-4)15-23-14-17-10-7-6-8-11-17/h5-8,10-11,18-20H,1,9,12-16H2,2-4H3/t18-,19+,20-/m1/s1. The van der Waals surface area contributed by atoms with Crippen LogP contribution in [-0.4, -0.2) is 26.6 Å². The summed E-state index contributed by atoms with van der Waals surface area (Å²) in [4.78, 5) is 0. The normalized spacial score (nSPS) is 24.0. The van der Waals surface area contributed by atoms with E-state index in [-0.39, 0.29) is 6.10 Å². The fourth-order valence-corrected chi connectivity index (χ4v) is 3.97. The van der Waals surface area contributed by atoms with Crippen molar-refractivity contribution in [3.63, 3.8) is 0 Å². The summed E-state index contributed by atoms with van der Waals surface area (Å²) in [5.41, 5.74) is 1.55. The maximum atomic E-state index is 6.00. The van der Waals surface area contributed by atoms with Gasteiger partial charge in [0.2, 0.25) is 0 Å². The second-order valence-corrected chi connectivity index (χ2v) is 7.63. The minimum atomic E-state index is 0.0698. The maximum absolute atomic E-state index is 6.00. The summed E-state index contributed by atoms with van der Waals surface area (Å²) in [6.45, 7) is 10.2. The third-order valence-corrected chi connectivity index (χ3v) is 4.95. The minimum absolute atomic E-state index is 0.0698. The molecule has 0 saturated heterocycles. The van der Waals surface area contributed by atoms with Crippen LogP contribution in [-0.2, 0) is 20.8 Å². The molecule has 0 spiro atoms. The van der Waals surface area contributed by atoms with Crippen molar-refractivity contribution < 1.29 is 14.2 Å². The second kappa shape index (κ2) is 9.36. The molecule has 1 aromatic rings. The van der Waals surface area contributed by atoms with Gasteiger partial charge in [0.15, 0.2) is 0 Å². The summed E-state index contributed by atoms with van der Waals surface area (Å²) >= 11 is 0. The second-order valence-electron chi connectivity index (χ2n) is 7.63. The Kier molecular flexibility index (Phi) is 7.47. The molecular formula is C21H32O3. The Morgan fingerprint density at radius 3 is 2.67 bits per heavy atom. The summed E-state index contributed by atoms with van der Waals surface area (Å²) in [5.74, 6) is 1.10. The van der Waals surface area contributed by atoms with Crippen LogP contribution in [0, 0.1) is 17.3 Å². The van der Waals surface area contributed by atoms with Crippen LogP contribution in [0.1, 0.15) is 38.7 Å². The van der Waals surface area contributed by atoms with Gasteiger partial charge in [-0.25, -0.2) is 0 Å². The predicted molar refractivity (Wildman–Crippen MR) is 97.7 cm³/mol. The first-order valence-electron chi connectivity index (χ1n) is 8.89. The molecule has 1 fully saturated rings. The van der Waals surface area contributed by atoms with Crippen LogP contribution in [0.2, 0.25) is 0 Å². The van der Waals surface area contributed by atoms with E-state index in [0.717, 1.165) is 12.8 Å². The number of allylic oxidation sites excluding steroid dienone is 1. The molecule has 0 amide bonds. The summed E-state index contributed by atoms with van der Waals surface area (Å²) in [5, 5.41) is 0. The summed E-state index contributed by atoms with van der Waals surface area (Å²) in [6, 6.07) is 10.3. The van der Waals surface area contributed by atoms with Gasteiger partial charge in [-0.15, -0.1) is 6.58 Å². The van der Waals surface area contributed by atoms with E-state index in [1.165, 1.54) is 12.0 Å². The van der Waals surface area contributed by atoms with Gasteiger partial charge in [0.05, 0.1) is 19.3 Å². The zero-order chi connectivity index (χ0) is 17.4. The molecule has 1 aliphatic rings. The fourth-order valence-electron chi connectivity index (χ4n) is 3.97. The molecule has 0 aromatic heterocycles. The van der Waals surface area contributed by atoms with Crippen molar-refractivity contribution >= 4 is 0 Å². The van der Waals surface area contributed by atoms with Gasteiger partial charge in [-0.2, -0.15) is 0 Å². The van der Waals surface area contributed by atoms with Crippen molar-refractivity contribution in [3.05, 3.63) is 48.6 Å². The number of rotatable bonds is 10. The first-order valence-corrected chi connectivity index (χ1v) is 8.89. The monoisotopic (exact) mass is 332 g/mol. The summed E-state index contributed by atoms with van der Waals surface area (Å²) in [6.07, 6.45) is 5.53. The quantitative estimate of drug-likeness (QED) is 0.454. The average molecular weight is 332 g/mol. The molecule has 134 valence electrons. The molecule has 0 aliphatic heterocycles. The van der Waals surface area contributed by atoms with Gasteiger partial charge in [0, 0.05) is 7.11 Å². The van der Waals surface area contributed by atoms with Crippen LogP contribution in [0.3, 0.4) is 0 Å². The van der Waals surface area contributed by atoms with E-state index < -0.39 is 0 Å². The fraction of sp³-hybridized carbons (Fsp3) is 0.619. The lowest BCUT2D eigenvalue weighted by Crippen LogP contribution is -2.32.